The summed E-state index contributed by atoms with van der Waals surface area (Å²) in [6.07, 6.45) is 2.38. The van der Waals surface area contributed by atoms with Gasteiger partial charge in [0.25, 0.3) is 0 Å². The van der Waals surface area contributed by atoms with E-state index in [1.54, 1.807) is 0 Å². The highest BCUT2D eigenvalue weighted by Crippen LogP contribution is 2.13. The van der Waals surface area contributed by atoms with Gasteiger partial charge < -0.3 is 4.98 Å². The molecular formula is C7H3F2N2. The lowest BCUT2D eigenvalue weighted by Crippen LogP contribution is -1.82. The zero-order chi connectivity index (χ0) is 7.84. The van der Waals surface area contributed by atoms with Crippen LogP contribution in [0.5, 0.6) is 0 Å². The van der Waals surface area contributed by atoms with Crippen molar-refractivity contribution in [3.8, 4) is 0 Å². The smallest absolute Gasteiger partial charge is 0.174 e. The standard InChI is InChI=1S/C7H3F2N2/c8-4-1-6-7(2-5(4)9)11-3-10-6/h1-2H,(H,10,11). The van der Waals surface area contributed by atoms with Crippen molar-refractivity contribution in [3.05, 3.63) is 30.1 Å². The number of aromatic nitrogens is 2. The SMILES string of the molecule is Fc1cc2n[c][nH]c2cc1F. The first kappa shape index (κ1) is 6.27. The van der Waals surface area contributed by atoms with Crippen molar-refractivity contribution in [3.63, 3.8) is 0 Å². The number of aromatic amines is 1. The average Bonchev–Trinajstić information content (AvgIpc) is 2.36. The molecule has 4 heteroatoms. The Balaban J connectivity index is 2.86. The first-order chi connectivity index (χ1) is 5.27. The average molecular weight is 153 g/mol. The molecule has 55 valence electrons. The summed E-state index contributed by atoms with van der Waals surface area (Å²) in [4.78, 5) is 6.18. The minimum Gasteiger partial charge on any atom is -0.335 e. The number of benzene rings is 1. The van der Waals surface area contributed by atoms with E-state index in [-0.39, 0.29) is 0 Å². The summed E-state index contributed by atoms with van der Waals surface area (Å²) in [7, 11) is 0. The maximum Gasteiger partial charge on any atom is 0.174 e. The molecule has 2 rings (SSSR count). The first-order valence-electron chi connectivity index (χ1n) is 2.98. The largest absolute Gasteiger partial charge is 0.335 e. The van der Waals surface area contributed by atoms with Crippen molar-refractivity contribution >= 4 is 11.0 Å². The molecule has 2 nitrogen and oxygen atoms in total. The quantitative estimate of drug-likeness (QED) is 0.612. The zero-order valence-corrected chi connectivity index (χ0v) is 5.36. The van der Waals surface area contributed by atoms with Crippen LogP contribution in [0.1, 0.15) is 0 Å². The molecule has 1 aromatic carbocycles. The van der Waals surface area contributed by atoms with Crippen LogP contribution in [-0.4, -0.2) is 9.97 Å². The van der Waals surface area contributed by atoms with Crippen molar-refractivity contribution in [2.75, 3.05) is 0 Å². The van der Waals surface area contributed by atoms with Crippen molar-refractivity contribution in [2.45, 2.75) is 0 Å². The van der Waals surface area contributed by atoms with Gasteiger partial charge in [0.05, 0.1) is 11.0 Å². The molecule has 0 unspecified atom stereocenters. The Labute approximate surface area is 60.9 Å². The molecule has 0 aliphatic heterocycles. The summed E-state index contributed by atoms with van der Waals surface area (Å²) in [5.74, 6) is -1.77. The van der Waals surface area contributed by atoms with Crippen LogP contribution in [0.15, 0.2) is 12.1 Å². The predicted molar refractivity (Wildman–Crippen MR) is 34.8 cm³/mol. The Morgan fingerprint density at radius 1 is 1.27 bits per heavy atom. The summed E-state index contributed by atoms with van der Waals surface area (Å²) in [6.45, 7) is 0. The van der Waals surface area contributed by atoms with Gasteiger partial charge in [-0.3, -0.25) is 0 Å². The Hall–Kier alpha value is -1.45. The number of nitrogens with zero attached hydrogens (tertiary/aromatic N) is 1. The van der Waals surface area contributed by atoms with E-state index in [0.29, 0.717) is 11.0 Å². The van der Waals surface area contributed by atoms with E-state index in [1.807, 2.05) is 0 Å². The van der Waals surface area contributed by atoms with Crippen molar-refractivity contribution in [1.29, 1.82) is 0 Å². The Kier molecular flexibility index (Phi) is 1.15. The monoisotopic (exact) mass is 153 g/mol. The third-order valence-electron chi connectivity index (χ3n) is 1.41. The second-order valence-corrected chi connectivity index (χ2v) is 2.13. The Morgan fingerprint density at radius 2 is 2.00 bits per heavy atom. The van der Waals surface area contributed by atoms with Crippen LogP contribution >= 0.6 is 0 Å². The maximum atomic E-state index is 12.5. The maximum absolute atomic E-state index is 12.5. The highest BCUT2D eigenvalue weighted by molar-refractivity contribution is 5.74. The topological polar surface area (TPSA) is 28.7 Å². The number of nitrogens with one attached hydrogen (secondary N) is 1. The van der Waals surface area contributed by atoms with E-state index in [0.717, 1.165) is 12.1 Å². The molecule has 1 heterocycles. The van der Waals surface area contributed by atoms with Crippen molar-refractivity contribution < 1.29 is 8.78 Å². The molecule has 0 fully saturated rings. The molecule has 11 heavy (non-hydrogen) atoms. The minimum absolute atomic E-state index is 0.379. The van der Waals surface area contributed by atoms with Crippen LogP contribution < -0.4 is 0 Å². The van der Waals surface area contributed by atoms with Gasteiger partial charge in [-0.1, -0.05) is 0 Å². The van der Waals surface area contributed by atoms with Gasteiger partial charge in [0.1, 0.15) is 0 Å². The predicted octanol–water partition coefficient (Wildman–Crippen LogP) is 1.64. The summed E-state index contributed by atoms with van der Waals surface area (Å²) >= 11 is 0. The Morgan fingerprint density at radius 3 is 2.82 bits per heavy atom. The van der Waals surface area contributed by atoms with E-state index in [9.17, 15) is 8.78 Å². The molecule has 0 saturated heterocycles. The minimum atomic E-state index is -0.891. The van der Waals surface area contributed by atoms with Gasteiger partial charge >= 0.3 is 0 Å². The van der Waals surface area contributed by atoms with Crippen LogP contribution in [0.2, 0.25) is 0 Å². The summed E-state index contributed by atoms with van der Waals surface area (Å²) < 4.78 is 25.0. The highest BCUT2D eigenvalue weighted by atomic mass is 19.2. The van der Waals surface area contributed by atoms with Gasteiger partial charge in [-0.05, 0) is 0 Å². The van der Waals surface area contributed by atoms with E-state index in [4.69, 9.17) is 0 Å². The number of halogens is 2. The first-order valence-corrected chi connectivity index (χ1v) is 2.98. The van der Waals surface area contributed by atoms with E-state index in [2.05, 4.69) is 16.3 Å². The lowest BCUT2D eigenvalue weighted by Gasteiger charge is -1.90. The van der Waals surface area contributed by atoms with Gasteiger partial charge in [0, 0.05) is 12.1 Å². The fourth-order valence-electron chi connectivity index (χ4n) is 0.877. The van der Waals surface area contributed by atoms with E-state index < -0.39 is 11.6 Å². The van der Waals surface area contributed by atoms with Crippen LogP contribution in [-0.2, 0) is 0 Å². The third-order valence-corrected chi connectivity index (χ3v) is 1.41. The molecule has 2 aromatic rings. The summed E-state index contributed by atoms with van der Waals surface area (Å²) in [5, 5.41) is 0. The molecular weight excluding hydrogens is 150 g/mol. The van der Waals surface area contributed by atoms with Crippen LogP contribution in [0.4, 0.5) is 8.78 Å². The molecule has 0 amide bonds. The molecule has 1 aromatic heterocycles. The van der Waals surface area contributed by atoms with Crippen molar-refractivity contribution in [1.82, 2.24) is 9.97 Å². The lowest BCUT2D eigenvalue weighted by molar-refractivity contribution is 0.510. The van der Waals surface area contributed by atoms with Crippen LogP contribution in [0.3, 0.4) is 0 Å². The van der Waals surface area contributed by atoms with Gasteiger partial charge in [-0.15, -0.1) is 0 Å². The molecule has 0 spiro atoms. The van der Waals surface area contributed by atoms with Crippen molar-refractivity contribution in [2.24, 2.45) is 0 Å². The van der Waals surface area contributed by atoms with Gasteiger partial charge in [0.2, 0.25) is 0 Å². The molecule has 0 aliphatic carbocycles. The van der Waals surface area contributed by atoms with E-state index >= 15 is 0 Å². The molecule has 1 N–H and O–H groups in total. The second-order valence-electron chi connectivity index (χ2n) is 2.13. The fraction of sp³-hybridized carbons (Fsp3) is 0. The zero-order valence-electron chi connectivity index (χ0n) is 5.36. The van der Waals surface area contributed by atoms with Crippen LogP contribution in [0.25, 0.3) is 11.0 Å². The highest BCUT2D eigenvalue weighted by Gasteiger charge is 2.04. The molecule has 0 bridgehead atoms. The normalized spacial score (nSPS) is 10.7. The third kappa shape index (κ3) is 0.869. The van der Waals surface area contributed by atoms with E-state index in [1.165, 1.54) is 0 Å². The fourth-order valence-corrected chi connectivity index (χ4v) is 0.877. The van der Waals surface area contributed by atoms with Gasteiger partial charge in [-0.25, -0.2) is 13.8 Å². The number of hydrogen-bond acceptors (Lipinski definition) is 1. The number of H-pyrrole nitrogens is 1. The summed E-state index contributed by atoms with van der Waals surface area (Å²) in [5.41, 5.74) is 0.827. The molecule has 0 aliphatic rings. The lowest BCUT2D eigenvalue weighted by atomic mass is 10.3. The molecule has 0 atom stereocenters. The second kappa shape index (κ2) is 2.02. The Bertz CT molecular complexity index is 358. The van der Waals surface area contributed by atoms with Gasteiger partial charge in [-0.2, -0.15) is 0 Å². The molecule has 1 radical (unpaired) electrons. The number of imidazole rings is 1. The molecule has 0 saturated carbocycles. The van der Waals surface area contributed by atoms with Gasteiger partial charge in [0.15, 0.2) is 18.0 Å². The van der Waals surface area contributed by atoms with Crippen LogP contribution in [0, 0.1) is 18.0 Å². The number of fused-ring (bicyclic) bond motifs is 1. The number of hydrogen-bond donors (Lipinski definition) is 1. The number of rotatable bonds is 0. The summed E-state index contributed by atoms with van der Waals surface area (Å²) in [6, 6.07) is 2.08.